The number of carbonyl (C=O) groups excluding carboxylic acids is 1. The van der Waals surface area contributed by atoms with Gasteiger partial charge in [0.15, 0.2) is 0 Å². The lowest BCUT2D eigenvalue weighted by Gasteiger charge is -2.11. The van der Waals surface area contributed by atoms with Gasteiger partial charge in [-0.3, -0.25) is 4.79 Å². The maximum absolute atomic E-state index is 11.0. The van der Waals surface area contributed by atoms with Gasteiger partial charge in [-0.05, 0) is 30.2 Å². The third-order valence-electron chi connectivity index (χ3n) is 2.58. The van der Waals surface area contributed by atoms with Gasteiger partial charge in [0, 0.05) is 6.61 Å². The molecule has 8 heteroatoms. The van der Waals surface area contributed by atoms with Gasteiger partial charge >= 0.3 is 0 Å². The molecule has 0 saturated carbocycles. The van der Waals surface area contributed by atoms with E-state index in [1.54, 1.807) is 11.6 Å². The summed E-state index contributed by atoms with van der Waals surface area (Å²) in [6.07, 6.45) is 2.27. The molecule has 17 heavy (non-hydrogen) atoms. The lowest BCUT2D eigenvalue weighted by molar-refractivity contribution is -0.117. The maximum atomic E-state index is 11.0. The predicted molar refractivity (Wildman–Crippen MR) is 61.3 cm³/mol. The van der Waals surface area contributed by atoms with Crippen LogP contribution in [0.2, 0.25) is 0 Å². The van der Waals surface area contributed by atoms with Crippen molar-refractivity contribution in [2.75, 3.05) is 6.61 Å². The van der Waals surface area contributed by atoms with Crippen molar-refractivity contribution in [2.45, 2.75) is 42.8 Å². The zero-order valence-electron chi connectivity index (χ0n) is 9.57. The average Bonchev–Trinajstić information content (AvgIpc) is 2.91. The van der Waals surface area contributed by atoms with Crippen molar-refractivity contribution < 1.29 is 9.53 Å². The van der Waals surface area contributed by atoms with Crippen molar-refractivity contribution in [1.29, 1.82) is 0 Å². The summed E-state index contributed by atoms with van der Waals surface area (Å²) < 4.78 is 7.18. The number of rotatable bonds is 5. The van der Waals surface area contributed by atoms with E-state index in [1.807, 2.05) is 0 Å². The van der Waals surface area contributed by atoms with E-state index in [0.29, 0.717) is 11.7 Å². The summed E-state index contributed by atoms with van der Waals surface area (Å²) in [4.78, 5) is 11.0. The molecule has 0 radical (unpaired) electrons. The number of hydrogen-bond donors (Lipinski definition) is 1. The first kappa shape index (κ1) is 12.3. The second kappa shape index (κ2) is 5.46. The van der Waals surface area contributed by atoms with Crippen molar-refractivity contribution in [3.8, 4) is 0 Å². The summed E-state index contributed by atoms with van der Waals surface area (Å²) in [5.74, 6) is -0.373. The second-order valence-electron chi connectivity index (χ2n) is 3.94. The Morgan fingerprint density at radius 1 is 1.76 bits per heavy atom. The molecular weight excluding hydrogens is 242 g/mol. The van der Waals surface area contributed by atoms with Crippen LogP contribution in [0.4, 0.5) is 0 Å². The van der Waals surface area contributed by atoms with Gasteiger partial charge in [0.1, 0.15) is 0 Å². The van der Waals surface area contributed by atoms with Crippen LogP contribution in [0.3, 0.4) is 0 Å². The van der Waals surface area contributed by atoms with Crippen LogP contribution in [-0.2, 0) is 16.1 Å². The number of nitrogens with zero attached hydrogens (tertiary/aromatic N) is 4. The third kappa shape index (κ3) is 3.16. The minimum Gasteiger partial charge on any atom is -0.376 e. The number of hydrogen-bond acceptors (Lipinski definition) is 6. The molecule has 1 aliphatic heterocycles. The Balaban J connectivity index is 1.98. The van der Waals surface area contributed by atoms with E-state index in [4.69, 9.17) is 10.5 Å². The molecule has 7 nitrogen and oxygen atoms in total. The van der Waals surface area contributed by atoms with E-state index < -0.39 is 0 Å². The van der Waals surface area contributed by atoms with E-state index in [0.717, 1.165) is 19.4 Å². The van der Waals surface area contributed by atoms with Gasteiger partial charge in [0.05, 0.1) is 17.9 Å². The van der Waals surface area contributed by atoms with Crippen molar-refractivity contribution in [3.63, 3.8) is 0 Å². The molecule has 2 atom stereocenters. The molecule has 1 aromatic heterocycles. The molecule has 1 aromatic rings. The summed E-state index contributed by atoms with van der Waals surface area (Å²) in [6.45, 7) is 3.16. The summed E-state index contributed by atoms with van der Waals surface area (Å²) in [5.41, 5.74) is 5.20. The lowest BCUT2D eigenvalue weighted by atomic mass is 10.2. The number of tetrazole rings is 1. The van der Waals surface area contributed by atoms with E-state index in [9.17, 15) is 4.79 Å². The fraction of sp³-hybridized carbons (Fsp3) is 0.778. The van der Waals surface area contributed by atoms with E-state index in [1.165, 1.54) is 11.8 Å². The van der Waals surface area contributed by atoms with Crippen LogP contribution in [-0.4, -0.2) is 44.1 Å². The SMILES string of the molecule is C[C@@H](Sc1nnnn1C[C@@H]1CCCO1)C(N)=O. The van der Waals surface area contributed by atoms with Crippen LogP contribution >= 0.6 is 11.8 Å². The first-order valence-electron chi connectivity index (χ1n) is 5.50. The average molecular weight is 257 g/mol. The van der Waals surface area contributed by atoms with Crippen LogP contribution in [0.15, 0.2) is 5.16 Å². The molecule has 2 N–H and O–H groups in total. The van der Waals surface area contributed by atoms with Gasteiger partial charge in [-0.1, -0.05) is 11.8 Å². The van der Waals surface area contributed by atoms with Gasteiger partial charge in [0.25, 0.3) is 0 Å². The summed E-state index contributed by atoms with van der Waals surface area (Å²) in [7, 11) is 0. The number of primary amides is 1. The van der Waals surface area contributed by atoms with Crippen LogP contribution in [0.1, 0.15) is 19.8 Å². The molecule has 0 unspecified atom stereocenters. The number of aromatic nitrogens is 4. The lowest BCUT2D eigenvalue weighted by Crippen LogP contribution is -2.24. The van der Waals surface area contributed by atoms with E-state index in [2.05, 4.69) is 15.5 Å². The molecule has 2 rings (SSSR count). The zero-order valence-corrected chi connectivity index (χ0v) is 10.4. The van der Waals surface area contributed by atoms with Gasteiger partial charge in [-0.2, -0.15) is 0 Å². The Hall–Kier alpha value is -1.15. The van der Waals surface area contributed by atoms with Gasteiger partial charge in [0.2, 0.25) is 11.1 Å². The molecule has 1 aliphatic rings. The Labute approximate surface area is 103 Å². The van der Waals surface area contributed by atoms with Crippen molar-refractivity contribution in [3.05, 3.63) is 0 Å². The number of nitrogens with two attached hydrogens (primary N) is 1. The van der Waals surface area contributed by atoms with Crippen LogP contribution in [0, 0.1) is 0 Å². The smallest absolute Gasteiger partial charge is 0.230 e. The fourth-order valence-corrected chi connectivity index (χ4v) is 2.34. The zero-order chi connectivity index (χ0) is 12.3. The quantitative estimate of drug-likeness (QED) is 0.735. The molecule has 0 aliphatic carbocycles. The second-order valence-corrected chi connectivity index (χ2v) is 5.25. The first-order valence-corrected chi connectivity index (χ1v) is 6.38. The topological polar surface area (TPSA) is 95.9 Å². The Bertz CT molecular complexity index is 390. The first-order chi connectivity index (χ1) is 8.16. The van der Waals surface area contributed by atoms with Crippen LogP contribution < -0.4 is 5.73 Å². The van der Waals surface area contributed by atoms with E-state index in [-0.39, 0.29) is 17.3 Å². The van der Waals surface area contributed by atoms with Crippen molar-refractivity contribution in [1.82, 2.24) is 20.2 Å². The number of amides is 1. The van der Waals surface area contributed by atoms with Crippen molar-refractivity contribution >= 4 is 17.7 Å². The monoisotopic (exact) mass is 257 g/mol. The Kier molecular flexibility index (Phi) is 3.95. The highest BCUT2D eigenvalue weighted by molar-refractivity contribution is 8.00. The van der Waals surface area contributed by atoms with Crippen LogP contribution in [0.25, 0.3) is 0 Å². The van der Waals surface area contributed by atoms with Crippen molar-refractivity contribution in [2.24, 2.45) is 5.73 Å². The highest BCUT2D eigenvalue weighted by atomic mass is 32.2. The summed E-state index contributed by atoms with van der Waals surface area (Å²) in [5, 5.41) is 11.6. The standard InChI is InChI=1S/C9H15N5O2S/c1-6(8(10)15)17-9-11-12-13-14(9)5-7-3-2-4-16-7/h6-7H,2-5H2,1H3,(H2,10,15)/t6-,7+/m1/s1. The third-order valence-corrected chi connectivity index (χ3v) is 3.67. The number of ether oxygens (including phenoxy) is 1. The number of thioether (sulfide) groups is 1. The summed E-state index contributed by atoms with van der Waals surface area (Å²) >= 11 is 1.27. The Morgan fingerprint density at radius 2 is 2.59 bits per heavy atom. The number of carbonyl (C=O) groups is 1. The Morgan fingerprint density at radius 3 is 3.24 bits per heavy atom. The molecule has 0 spiro atoms. The van der Waals surface area contributed by atoms with Gasteiger partial charge in [-0.25, -0.2) is 4.68 Å². The minimum absolute atomic E-state index is 0.168. The normalized spacial score (nSPS) is 21.6. The van der Waals surface area contributed by atoms with Crippen LogP contribution in [0.5, 0.6) is 0 Å². The van der Waals surface area contributed by atoms with E-state index >= 15 is 0 Å². The molecule has 94 valence electrons. The molecular formula is C9H15N5O2S. The molecule has 1 amide bonds. The molecule has 0 bridgehead atoms. The summed E-state index contributed by atoms with van der Waals surface area (Å²) in [6, 6.07) is 0. The van der Waals surface area contributed by atoms with Gasteiger partial charge < -0.3 is 10.5 Å². The molecule has 0 aromatic carbocycles. The molecule has 1 saturated heterocycles. The van der Waals surface area contributed by atoms with Gasteiger partial charge in [-0.15, -0.1) is 5.10 Å². The predicted octanol–water partition coefficient (Wildman–Crippen LogP) is -0.182. The largest absolute Gasteiger partial charge is 0.376 e. The molecule has 1 fully saturated rings. The highest BCUT2D eigenvalue weighted by Crippen LogP contribution is 2.21. The highest BCUT2D eigenvalue weighted by Gasteiger charge is 2.21. The molecule has 2 heterocycles. The maximum Gasteiger partial charge on any atom is 0.230 e. The fourth-order valence-electron chi connectivity index (χ4n) is 1.59. The minimum atomic E-state index is -0.373.